The van der Waals surface area contributed by atoms with Gasteiger partial charge in [0.25, 0.3) is 5.91 Å². The van der Waals surface area contributed by atoms with E-state index in [0.29, 0.717) is 13.1 Å². The predicted molar refractivity (Wildman–Crippen MR) is 104 cm³/mol. The van der Waals surface area contributed by atoms with Gasteiger partial charge in [0, 0.05) is 19.6 Å². The fourth-order valence-electron chi connectivity index (χ4n) is 2.94. The van der Waals surface area contributed by atoms with Crippen molar-refractivity contribution in [3.8, 4) is 11.5 Å². The lowest BCUT2D eigenvalue weighted by molar-refractivity contribution is -0.136. The van der Waals surface area contributed by atoms with E-state index in [0.717, 1.165) is 0 Å². The van der Waals surface area contributed by atoms with Crippen LogP contribution in [0.3, 0.4) is 0 Å². The molecule has 12 nitrogen and oxygen atoms in total. The number of aryl methyl sites for hydroxylation is 1. The van der Waals surface area contributed by atoms with Crippen molar-refractivity contribution >= 4 is 19.0 Å². The van der Waals surface area contributed by atoms with E-state index >= 15 is 0 Å². The first kappa shape index (κ1) is 23.9. The maximum absolute atomic E-state index is 11.7. The molecule has 0 spiro atoms. The molecule has 1 atom stereocenters. The van der Waals surface area contributed by atoms with Crippen LogP contribution in [0.1, 0.15) is 15.9 Å². The summed E-state index contributed by atoms with van der Waals surface area (Å²) < 4.78 is 5.68. The van der Waals surface area contributed by atoms with Gasteiger partial charge in [0.2, 0.25) is 0 Å². The van der Waals surface area contributed by atoms with E-state index in [1.807, 2.05) is 4.90 Å². The molecule has 1 saturated heterocycles. The Morgan fingerprint density at radius 1 is 1.33 bits per heavy atom. The lowest BCUT2D eigenvalue weighted by atomic mass is 9.82. The monoisotopic (exact) mass is 427 g/mol. The second-order valence-corrected chi connectivity index (χ2v) is 6.87. The first-order valence-electron chi connectivity index (χ1n) is 9.34. The quantitative estimate of drug-likeness (QED) is 0.106. The van der Waals surface area contributed by atoms with E-state index in [9.17, 15) is 19.8 Å². The number of phenols is 1. The molecule has 30 heavy (non-hydrogen) atoms. The van der Waals surface area contributed by atoms with Crippen molar-refractivity contribution < 1.29 is 44.5 Å². The molecule has 8 N–H and O–H groups in total. The number of aromatic hydroxyl groups is 1. The minimum atomic E-state index is -1.57. The Morgan fingerprint density at radius 3 is 2.63 bits per heavy atom. The third-order valence-electron chi connectivity index (χ3n) is 4.48. The van der Waals surface area contributed by atoms with Crippen LogP contribution in [0.25, 0.3) is 0 Å². The number of aromatic carboxylic acids is 1. The number of nitrogens with zero attached hydrogens (tertiary/aromatic N) is 1. The normalized spacial score (nSPS) is 15.3. The number of carboxylic acid groups (broad SMARTS) is 1. The van der Waals surface area contributed by atoms with Crippen LogP contribution in [0.5, 0.6) is 11.5 Å². The Kier molecular flexibility index (Phi) is 8.83. The minimum Gasteiger partial charge on any atom is -0.507 e. The highest BCUT2D eigenvalue weighted by molar-refractivity contribution is 6.41. The minimum absolute atomic E-state index is 0.00241. The zero-order chi connectivity index (χ0) is 22.3. The maximum atomic E-state index is 11.7. The molecule has 1 amide bonds. The molecule has 1 aromatic carbocycles. The number of ether oxygens (including phenoxy) is 1. The van der Waals surface area contributed by atoms with Crippen molar-refractivity contribution in [2.75, 3.05) is 32.8 Å². The number of amides is 1. The van der Waals surface area contributed by atoms with Crippen LogP contribution in [0.15, 0.2) is 12.1 Å². The highest BCUT2D eigenvalue weighted by Gasteiger charge is 2.32. The Hall–Kier alpha value is -2.42. The summed E-state index contributed by atoms with van der Waals surface area (Å²) in [6.45, 7) is 0.746. The van der Waals surface area contributed by atoms with Crippen molar-refractivity contribution in [3.05, 3.63) is 23.3 Å². The first-order valence-corrected chi connectivity index (χ1v) is 9.34. The summed E-state index contributed by atoms with van der Waals surface area (Å²) in [5.41, 5.74) is 7.78. The maximum Gasteiger partial charge on any atom is 0.451 e. The molecule has 0 bridgehead atoms. The van der Waals surface area contributed by atoms with Gasteiger partial charge in [-0.05, 0) is 24.4 Å². The number of aliphatic hydroxyl groups is 1. The summed E-state index contributed by atoms with van der Waals surface area (Å²) in [4.78, 5) is 29.8. The number of rotatable bonds is 12. The molecule has 1 unspecified atom stereocenters. The van der Waals surface area contributed by atoms with Crippen LogP contribution in [0.4, 0.5) is 0 Å². The van der Waals surface area contributed by atoms with Gasteiger partial charge >= 0.3 is 13.1 Å². The van der Waals surface area contributed by atoms with E-state index in [-0.39, 0.29) is 49.9 Å². The van der Waals surface area contributed by atoms with Crippen LogP contribution in [-0.4, -0.2) is 94.3 Å². The molecule has 1 aliphatic rings. The summed E-state index contributed by atoms with van der Waals surface area (Å²) in [6, 6.07) is 2.04. The van der Waals surface area contributed by atoms with Crippen LogP contribution >= 0.6 is 0 Å². The molecular weight excluding hydrogens is 401 g/mol. The number of nitrogens with two attached hydrogens (primary N) is 1. The molecule has 13 heteroatoms. The lowest BCUT2D eigenvalue weighted by Crippen LogP contribution is -2.59. The highest BCUT2D eigenvalue weighted by atomic mass is 16.7. The van der Waals surface area contributed by atoms with Gasteiger partial charge in [-0.3, -0.25) is 14.5 Å². The number of carbonyl (C=O) groups is 2. The average molecular weight is 427 g/mol. The van der Waals surface area contributed by atoms with Crippen molar-refractivity contribution in [2.45, 2.75) is 24.9 Å². The van der Waals surface area contributed by atoms with Gasteiger partial charge < -0.3 is 35.8 Å². The fraction of sp³-hybridized carbons (Fsp3) is 0.529. The van der Waals surface area contributed by atoms with Crippen LogP contribution in [0, 0.1) is 0 Å². The number of aliphatic hydroxyl groups excluding tert-OH is 1. The van der Waals surface area contributed by atoms with Crippen molar-refractivity contribution in [3.63, 3.8) is 0 Å². The lowest BCUT2D eigenvalue weighted by Gasteiger charge is -2.40. The number of hydroxylamine groups is 1. The number of carbonyl (C=O) groups excluding carboxylic acids is 1. The summed E-state index contributed by atoms with van der Waals surface area (Å²) in [5, 5.41) is 46.2. The van der Waals surface area contributed by atoms with Crippen molar-refractivity contribution in [1.29, 1.82) is 0 Å². The molecule has 1 fully saturated rings. The van der Waals surface area contributed by atoms with E-state index in [1.165, 1.54) is 12.1 Å². The highest BCUT2D eigenvalue weighted by Crippen LogP contribution is 2.33. The van der Waals surface area contributed by atoms with Gasteiger partial charge in [-0.2, -0.15) is 0 Å². The smallest absolute Gasteiger partial charge is 0.451 e. The number of likely N-dealkylation sites (tertiary alicyclic amines) is 1. The standard InChI is InChI=1S/C17H26BN3O9/c19-12(16(24)20-29-6-5-22)9-21-7-11(8-21)30-13-2-1-10(3-4-18(27)28)15(23)14(13)17(25)26/h1-2,11-12,22-23,27-28H,3-9,19H2,(H,20,24)(H,25,26). The van der Waals surface area contributed by atoms with Gasteiger partial charge in [0.15, 0.2) is 0 Å². The van der Waals surface area contributed by atoms with Gasteiger partial charge in [-0.1, -0.05) is 6.07 Å². The van der Waals surface area contributed by atoms with E-state index < -0.39 is 36.3 Å². The average Bonchev–Trinajstić information content (AvgIpc) is 2.65. The number of benzene rings is 1. The third kappa shape index (κ3) is 6.55. The van der Waals surface area contributed by atoms with Crippen LogP contribution in [-0.2, 0) is 16.1 Å². The Morgan fingerprint density at radius 2 is 2.03 bits per heavy atom. The van der Waals surface area contributed by atoms with Gasteiger partial charge in [-0.25, -0.2) is 10.3 Å². The Bertz CT molecular complexity index is 743. The second-order valence-electron chi connectivity index (χ2n) is 6.87. The molecular formula is C17H26BN3O9. The topological polar surface area (TPSA) is 195 Å². The van der Waals surface area contributed by atoms with Crippen LogP contribution in [0.2, 0.25) is 6.32 Å². The number of carboxylic acids is 1. The van der Waals surface area contributed by atoms with E-state index in [1.54, 1.807) is 0 Å². The number of hydrogen-bond acceptors (Lipinski definition) is 10. The summed E-state index contributed by atoms with van der Waals surface area (Å²) in [6.07, 6.45) is -0.319. The van der Waals surface area contributed by atoms with Crippen molar-refractivity contribution in [1.82, 2.24) is 10.4 Å². The van der Waals surface area contributed by atoms with Gasteiger partial charge in [-0.15, -0.1) is 0 Å². The molecule has 0 aliphatic carbocycles. The molecule has 166 valence electrons. The molecule has 0 aromatic heterocycles. The fourth-order valence-corrected chi connectivity index (χ4v) is 2.94. The Balaban J connectivity index is 1.90. The Labute approximate surface area is 172 Å². The predicted octanol–water partition coefficient (Wildman–Crippen LogP) is -2.46. The SMILES string of the molecule is NC(CN1CC(Oc2ccc(CCB(O)O)c(O)c2C(=O)O)C1)C(=O)NOCCO. The van der Waals surface area contributed by atoms with Gasteiger partial charge in [0.1, 0.15) is 23.2 Å². The van der Waals surface area contributed by atoms with Gasteiger partial charge in [0.05, 0.1) is 19.3 Å². The second kappa shape index (κ2) is 11.1. The van der Waals surface area contributed by atoms with Crippen LogP contribution < -0.4 is 16.0 Å². The summed E-state index contributed by atoms with van der Waals surface area (Å²) in [5.74, 6) is -2.38. The van der Waals surface area contributed by atoms with E-state index in [2.05, 4.69) is 5.48 Å². The zero-order valence-corrected chi connectivity index (χ0v) is 16.2. The molecule has 0 saturated carbocycles. The molecule has 1 heterocycles. The molecule has 1 aliphatic heterocycles. The number of hydrogen-bond donors (Lipinski definition) is 7. The zero-order valence-electron chi connectivity index (χ0n) is 16.2. The summed E-state index contributed by atoms with van der Waals surface area (Å²) >= 11 is 0. The third-order valence-corrected chi connectivity index (χ3v) is 4.48. The number of nitrogens with one attached hydrogen (secondary N) is 1. The largest absolute Gasteiger partial charge is 0.507 e. The van der Waals surface area contributed by atoms with E-state index in [4.69, 9.17) is 30.5 Å². The molecule has 2 rings (SSSR count). The van der Waals surface area contributed by atoms with Crippen molar-refractivity contribution in [2.24, 2.45) is 5.73 Å². The molecule has 0 radical (unpaired) electrons. The summed E-state index contributed by atoms with van der Waals surface area (Å²) in [7, 11) is -1.57. The first-order chi connectivity index (χ1) is 14.2. The molecule has 1 aromatic rings.